The van der Waals surface area contributed by atoms with E-state index in [0.29, 0.717) is 28.7 Å². The second-order valence-corrected chi connectivity index (χ2v) is 7.52. The molecule has 2 aromatic rings. The van der Waals surface area contributed by atoms with Crippen LogP contribution in [0.3, 0.4) is 0 Å². The van der Waals surface area contributed by atoms with Gasteiger partial charge >= 0.3 is 11.6 Å². The first kappa shape index (κ1) is 25.5. The Morgan fingerprint density at radius 2 is 2.03 bits per heavy atom. The van der Waals surface area contributed by atoms with Crippen molar-refractivity contribution in [2.24, 2.45) is 0 Å². The number of allylic oxidation sites excluding steroid dienone is 5. The number of hydrogen-bond acceptors (Lipinski definition) is 6. The summed E-state index contributed by atoms with van der Waals surface area (Å²) in [6.07, 6.45) is 10.6. The van der Waals surface area contributed by atoms with Crippen LogP contribution in [0, 0.1) is 0 Å². The largest absolute Gasteiger partial charge is 0.463 e. The molecule has 170 valence electrons. The van der Waals surface area contributed by atoms with E-state index in [0.717, 1.165) is 29.7 Å². The lowest BCUT2D eigenvalue weighted by Crippen LogP contribution is -2.21. The molecule has 6 nitrogen and oxygen atoms in total. The van der Waals surface area contributed by atoms with Crippen LogP contribution >= 0.6 is 22.6 Å². The van der Waals surface area contributed by atoms with E-state index in [1.807, 2.05) is 65.1 Å². The molecule has 0 spiro atoms. The number of alkyl halides is 1. The summed E-state index contributed by atoms with van der Waals surface area (Å²) in [5.74, 6) is -0.231. The molecule has 1 aromatic carbocycles. The molecule has 0 aliphatic rings. The molecule has 1 N–H and O–H groups in total. The van der Waals surface area contributed by atoms with Gasteiger partial charge in [0, 0.05) is 36.8 Å². The quantitative estimate of drug-likeness (QED) is 0.102. The first-order valence-electron chi connectivity index (χ1n) is 10.5. The molecule has 0 radical (unpaired) electrons. The number of esters is 1. The first-order valence-corrected chi connectivity index (χ1v) is 12.0. The fraction of sp³-hybridized carbons (Fsp3) is 0.280. The van der Waals surface area contributed by atoms with Crippen LogP contribution < -0.4 is 15.8 Å². The standard InChI is InChI=1S/C25H29IN2O4/c1-4-7-19(12-13-27-14-15-31-24(29)18-26)8-9-21-16-20-10-11-22(28(5-2)6-3)17-23(20)32-25(21)30/h4,7-13,16-17,27H,1,5-6,14-15,18H2,2-3H3/b9-8+,13-12-,19-7-. The number of hydrogen-bond donors (Lipinski definition) is 1. The number of halogens is 1. The Morgan fingerprint density at radius 3 is 2.72 bits per heavy atom. The van der Waals surface area contributed by atoms with Crippen molar-refractivity contribution in [1.29, 1.82) is 0 Å². The Bertz CT molecular complexity index is 1070. The Kier molecular flexibility index (Phi) is 10.8. The number of benzene rings is 1. The number of ether oxygens (including phenoxy) is 1. The van der Waals surface area contributed by atoms with Crippen LogP contribution in [-0.4, -0.2) is 36.6 Å². The molecule has 0 saturated carbocycles. The summed E-state index contributed by atoms with van der Waals surface area (Å²) in [6, 6.07) is 7.75. The van der Waals surface area contributed by atoms with Crippen molar-refractivity contribution in [2.45, 2.75) is 13.8 Å². The van der Waals surface area contributed by atoms with Crippen LogP contribution in [0.15, 0.2) is 76.1 Å². The highest BCUT2D eigenvalue weighted by molar-refractivity contribution is 14.1. The minimum Gasteiger partial charge on any atom is -0.463 e. The third-order valence-corrected chi connectivity index (χ3v) is 5.28. The number of carbonyl (C=O) groups excluding carboxylic acids is 1. The molecule has 0 bridgehead atoms. The molecule has 0 aliphatic carbocycles. The smallest absolute Gasteiger partial charge is 0.343 e. The molecule has 1 heterocycles. The van der Waals surface area contributed by atoms with E-state index in [2.05, 4.69) is 30.6 Å². The maximum absolute atomic E-state index is 12.5. The molecule has 0 saturated heterocycles. The van der Waals surface area contributed by atoms with E-state index in [1.54, 1.807) is 18.4 Å². The van der Waals surface area contributed by atoms with Crippen LogP contribution in [0.1, 0.15) is 19.4 Å². The van der Waals surface area contributed by atoms with Crippen molar-refractivity contribution in [1.82, 2.24) is 5.32 Å². The maximum Gasteiger partial charge on any atom is 0.343 e. The summed E-state index contributed by atoms with van der Waals surface area (Å²) in [6.45, 7) is 10.5. The topological polar surface area (TPSA) is 71.8 Å². The lowest BCUT2D eigenvalue weighted by Gasteiger charge is -2.20. The van der Waals surface area contributed by atoms with Gasteiger partial charge in [-0.25, -0.2) is 4.79 Å². The molecule has 0 aliphatic heterocycles. The van der Waals surface area contributed by atoms with Crippen molar-refractivity contribution in [3.8, 4) is 0 Å². The summed E-state index contributed by atoms with van der Waals surface area (Å²) in [5.41, 5.74) is 2.53. The van der Waals surface area contributed by atoms with Gasteiger partial charge in [0.05, 0.1) is 9.99 Å². The highest BCUT2D eigenvalue weighted by Crippen LogP contribution is 2.22. The third-order valence-electron chi connectivity index (χ3n) is 4.65. The number of nitrogens with one attached hydrogen (secondary N) is 1. The molecule has 7 heteroatoms. The zero-order valence-electron chi connectivity index (χ0n) is 18.5. The summed E-state index contributed by atoms with van der Waals surface area (Å²) >= 11 is 1.96. The van der Waals surface area contributed by atoms with E-state index < -0.39 is 0 Å². The Hall–Kier alpha value is -2.81. The summed E-state index contributed by atoms with van der Waals surface area (Å²) in [5, 5.41) is 3.93. The van der Waals surface area contributed by atoms with Gasteiger partial charge in [-0.1, -0.05) is 47.4 Å². The van der Waals surface area contributed by atoms with Gasteiger partial charge in [0.25, 0.3) is 0 Å². The summed E-state index contributed by atoms with van der Waals surface area (Å²) < 4.78 is 10.9. The van der Waals surface area contributed by atoms with Gasteiger partial charge in [0.2, 0.25) is 0 Å². The first-order chi connectivity index (χ1) is 15.5. The predicted molar refractivity (Wildman–Crippen MR) is 140 cm³/mol. The molecule has 0 amide bonds. The van der Waals surface area contributed by atoms with Gasteiger partial charge in [-0.15, -0.1) is 0 Å². The van der Waals surface area contributed by atoms with Crippen molar-refractivity contribution >= 4 is 51.3 Å². The van der Waals surface area contributed by atoms with E-state index in [-0.39, 0.29) is 11.6 Å². The fourth-order valence-corrected chi connectivity index (χ4v) is 3.23. The fourth-order valence-electron chi connectivity index (χ4n) is 3.01. The molecule has 1 aromatic heterocycles. The zero-order chi connectivity index (χ0) is 23.3. The molecule has 2 rings (SSSR count). The number of carbonyl (C=O) groups is 1. The van der Waals surface area contributed by atoms with E-state index in [1.165, 1.54) is 0 Å². The highest BCUT2D eigenvalue weighted by atomic mass is 127. The zero-order valence-corrected chi connectivity index (χ0v) is 20.6. The number of fused-ring (bicyclic) bond motifs is 1. The molecule has 0 fully saturated rings. The van der Waals surface area contributed by atoms with Gasteiger partial charge < -0.3 is 19.4 Å². The normalized spacial score (nSPS) is 11.9. The number of nitrogens with zero attached hydrogens (tertiary/aromatic N) is 1. The predicted octanol–water partition coefficient (Wildman–Crippen LogP) is 4.85. The Labute approximate surface area is 202 Å². The second kappa shape index (κ2) is 13.6. The Balaban J connectivity index is 2.11. The van der Waals surface area contributed by atoms with E-state index in [9.17, 15) is 9.59 Å². The lowest BCUT2D eigenvalue weighted by molar-refractivity contribution is -0.139. The van der Waals surface area contributed by atoms with Crippen molar-refractivity contribution in [3.63, 3.8) is 0 Å². The van der Waals surface area contributed by atoms with Gasteiger partial charge in [0.1, 0.15) is 12.2 Å². The second-order valence-electron chi connectivity index (χ2n) is 6.76. The molecule has 32 heavy (non-hydrogen) atoms. The van der Waals surface area contributed by atoms with Gasteiger partial charge in [0.15, 0.2) is 0 Å². The monoisotopic (exact) mass is 548 g/mol. The molecular formula is C25H29IN2O4. The molecular weight excluding hydrogens is 519 g/mol. The highest BCUT2D eigenvalue weighted by Gasteiger charge is 2.07. The van der Waals surface area contributed by atoms with Crippen LogP contribution in [-0.2, 0) is 9.53 Å². The molecule has 0 unspecified atom stereocenters. The summed E-state index contributed by atoms with van der Waals surface area (Å²) in [7, 11) is 0. The summed E-state index contributed by atoms with van der Waals surface area (Å²) in [4.78, 5) is 25.8. The maximum atomic E-state index is 12.5. The minimum absolute atomic E-state index is 0.231. The van der Waals surface area contributed by atoms with Gasteiger partial charge in [-0.2, -0.15) is 0 Å². The van der Waals surface area contributed by atoms with Crippen molar-refractivity contribution < 1.29 is 13.9 Å². The Morgan fingerprint density at radius 1 is 1.25 bits per heavy atom. The average Bonchev–Trinajstić information content (AvgIpc) is 2.80. The molecule has 0 atom stereocenters. The SMILES string of the molecule is C=C/C=C(\C=C/NCCOC(=O)CI)/C=C/c1cc2ccc(N(CC)CC)cc2oc1=O. The average molecular weight is 548 g/mol. The van der Waals surface area contributed by atoms with Crippen LogP contribution in [0.2, 0.25) is 0 Å². The minimum atomic E-state index is -0.386. The van der Waals surface area contributed by atoms with Crippen LogP contribution in [0.4, 0.5) is 5.69 Å². The third kappa shape index (κ3) is 7.71. The van der Waals surface area contributed by atoms with Gasteiger partial charge in [-0.05, 0) is 56.0 Å². The van der Waals surface area contributed by atoms with E-state index >= 15 is 0 Å². The number of rotatable bonds is 12. The van der Waals surface area contributed by atoms with Gasteiger partial charge in [-0.3, -0.25) is 4.79 Å². The van der Waals surface area contributed by atoms with E-state index in [4.69, 9.17) is 9.15 Å². The number of anilines is 1. The lowest BCUT2D eigenvalue weighted by atomic mass is 10.1. The van der Waals surface area contributed by atoms with Crippen molar-refractivity contribution in [2.75, 3.05) is 35.6 Å². The van der Waals surface area contributed by atoms with Crippen LogP contribution in [0.5, 0.6) is 0 Å². The van der Waals surface area contributed by atoms with Crippen molar-refractivity contribution in [3.05, 3.63) is 82.9 Å². The van der Waals surface area contributed by atoms with Crippen LogP contribution in [0.25, 0.3) is 17.0 Å².